The Kier molecular flexibility index (Phi) is 4.57. The van der Waals surface area contributed by atoms with E-state index in [1.807, 2.05) is 12.2 Å². The van der Waals surface area contributed by atoms with Crippen LogP contribution in [-0.2, 0) is 0 Å². The molecule has 0 spiro atoms. The van der Waals surface area contributed by atoms with Crippen LogP contribution in [0.5, 0.6) is 0 Å². The Balaban J connectivity index is 2.36. The molecule has 0 saturated heterocycles. The molecule has 0 N–H and O–H groups in total. The Labute approximate surface area is 89.6 Å². The van der Waals surface area contributed by atoms with Gasteiger partial charge in [0.05, 0.1) is 0 Å². The average Bonchev–Trinajstić information content (AvgIpc) is 2.62. The van der Waals surface area contributed by atoms with Gasteiger partial charge in [0, 0.05) is 18.4 Å². The maximum atomic E-state index is 3.67. The van der Waals surface area contributed by atoms with Crippen molar-refractivity contribution in [1.82, 2.24) is 4.90 Å². The fourth-order valence-corrected chi connectivity index (χ4v) is 2.47. The average molecular weight is 244 g/mol. The minimum atomic E-state index is 0.735. The second-order valence-corrected chi connectivity index (χ2v) is 4.38. The molecule has 74 valence electrons. The molecule has 1 fully saturated rings. The first-order valence-electron chi connectivity index (χ1n) is 4.85. The topological polar surface area (TPSA) is 3.24 Å². The minimum absolute atomic E-state index is 0.735. The molecule has 2 atom stereocenters. The van der Waals surface area contributed by atoms with Crippen LogP contribution in [0.2, 0.25) is 0 Å². The zero-order chi connectivity index (χ0) is 9.68. The lowest BCUT2D eigenvalue weighted by Crippen LogP contribution is -2.24. The van der Waals surface area contributed by atoms with Crippen molar-refractivity contribution in [2.24, 2.45) is 5.92 Å². The van der Waals surface area contributed by atoms with Gasteiger partial charge in [-0.25, -0.2) is 0 Å². The molecule has 0 aliphatic heterocycles. The highest BCUT2D eigenvalue weighted by molar-refractivity contribution is 9.09. The summed E-state index contributed by atoms with van der Waals surface area (Å²) in [6.45, 7) is 3.67. The highest BCUT2D eigenvalue weighted by atomic mass is 79.9. The van der Waals surface area contributed by atoms with Gasteiger partial charge in [0.25, 0.3) is 0 Å². The Morgan fingerprint density at radius 3 is 2.85 bits per heavy atom. The van der Waals surface area contributed by atoms with Crippen LogP contribution in [0.15, 0.2) is 24.9 Å². The Hall–Kier alpha value is -0.240. The molecular formula is C11H18BrN. The first kappa shape index (κ1) is 10.8. The van der Waals surface area contributed by atoms with Gasteiger partial charge in [0.1, 0.15) is 0 Å². The second-order valence-electron chi connectivity index (χ2n) is 3.73. The lowest BCUT2D eigenvalue weighted by molar-refractivity contribution is 0.328. The van der Waals surface area contributed by atoms with Crippen molar-refractivity contribution in [3.05, 3.63) is 24.9 Å². The molecule has 0 bridgehead atoms. The third-order valence-electron chi connectivity index (χ3n) is 2.77. The molecule has 0 aromatic heterocycles. The van der Waals surface area contributed by atoms with Gasteiger partial charge >= 0.3 is 0 Å². The van der Waals surface area contributed by atoms with Crippen molar-refractivity contribution >= 4 is 15.9 Å². The van der Waals surface area contributed by atoms with Gasteiger partial charge in [0.2, 0.25) is 0 Å². The monoisotopic (exact) mass is 243 g/mol. The maximum absolute atomic E-state index is 3.67. The zero-order valence-electron chi connectivity index (χ0n) is 8.25. The molecule has 0 aromatic carbocycles. The largest absolute Gasteiger partial charge is 0.377 e. The van der Waals surface area contributed by atoms with Crippen LogP contribution < -0.4 is 0 Å². The predicted octanol–water partition coefficient (Wildman–Crippen LogP) is 3.18. The number of alkyl halides is 1. The summed E-state index contributed by atoms with van der Waals surface area (Å²) in [5, 5.41) is 1.16. The van der Waals surface area contributed by atoms with Gasteiger partial charge in [-0.05, 0) is 37.5 Å². The smallest absolute Gasteiger partial charge is 0.0284 e. The first-order chi connectivity index (χ1) is 6.27. The highest BCUT2D eigenvalue weighted by Gasteiger charge is 2.25. The van der Waals surface area contributed by atoms with E-state index in [9.17, 15) is 0 Å². The lowest BCUT2D eigenvalue weighted by atomic mass is 10.1. The van der Waals surface area contributed by atoms with Gasteiger partial charge in [0.15, 0.2) is 0 Å². The van der Waals surface area contributed by atoms with Crippen LogP contribution in [-0.4, -0.2) is 23.3 Å². The lowest BCUT2D eigenvalue weighted by Gasteiger charge is -2.22. The van der Waals surface area contributed by atoms with E-state index >= 15 is 0 Å². The summed E-state index contributed by atoms with van der Waals surface area (Å²) in [5.41, 5.74) is 0. The number of nitrogens with zero attached hydrogens (tertiary/aromatic N) is 1. The van der Waals surface area contributed by atoms with E-state index in [1.165, 1.54) is 19.3 Å². The van der Waals surface area contributed by atoms with Crippen molar-refractivity contribution in [3.8, 4) is 0 Å². The van der Waals surface area contributed by atoms with E-state index < -0.39 is 0 Å². The molecule has 1 aliphatic rings. The molecule has 0 heterocycles. The van der Waals surface area contributed by atoms with E-state index in [1.54, 1.807) is 0 Å². The Morgan fingerprint density at radius 2 is 2.31 bits per heavy atom. The van der Waals surface area contributed by atoms with Gasteiger partial charge in [-0.1, -0.05) is 28.6 Å². The summed E-state index contributed by atoms with van der Waals surface area (Å²) in [7, 11) is 2.15. The molecular weight excluding hydrogens is 226 g/mol. The molecule has 13 heavy (non-hydrogen) atoms. The number of hydrogen-bond acceptors (Lipinski definition) is 1. The predicted molar refractivity (Wildman–Crippen MR) is 62.0 cm³/mol. The standard InChI is InChI=1S/C11H18BrN/c1-3-4-7-13(2)11-6-5-10(8-11)9-12/h3-4,7,10-11H,1,5-6,8-9H2,2H3/b7-4-. The first-order valence-corrected chi connectivity index (χ1v) is 5.97. The minimum Gasteiger partial charge on any atom is -0.377 e. The molecule has 1 saturated carbocycles. The number of allylic oxidation sites excluding steroid dienone is 2. The molecule has 2 unspecified atom stereocenters. The molecule has 2 heteroatoms. The molecule has 0 aromatic rings. The third kappa shape index (κ3) is 3.18. The molecule has 0 radical (unpaired) electrons. The van der Waals surface area contributed by atoms with Gasteiger partial charge in [-0.3, -0.25) is 0 Å². The summed E-state index contributed by atoms with van der Waals surface area (Å²) in [5.74, 6) is 0.879. The SMILES string of the molecule is C=C/C=C\N(C)C1CCC(CBr)C1. The number of halogens is 1. The van der Waals surface area contributed by atoms with Crippen LogP contribution in [0.3, 0.4) is 0 Å². The van der Waals surface area contributed by atoms with Crippen LogP contribution in [0.4, 0.5) is 0 Å². The van der Waals surface area contributed by atoms with Crippen LogP contribution >= 0.6 is 15.9 Å². The second kappa shape index (κ2) is 5.48. The summed E-state index contributed by atoms with van der Waals surface area (Å²) in [6, 6.07) is 0.735. The van der Waals surface area contributed by atoms with E-state index in [0.29, 0.717) is 0 Å². The van der Waals surface area contributed by atoms with Gasteiger partial charge < -0.3 is 4.90 Å². The molecule has 1 rings (SSSR count). The van der Waals surface area contributed by atoms with E-state index in [0.717, 1.165) is 17.3 Å². The highest BCUT2D eigenvalue weighted by Crippen LogP contribution is 2.29. The quantitative estimate of drug-likeness (QED) is 0.542. The summed E-state index contributed by atoms with van der Waals surface area (Å²) >= 11 is 3.55. The van der Waals surface area contributed by atoms with E-state index in [2.05, 4.69) is 40.7 Å². The number of rotatable bonds is 4. The Morgan fingerprint density at radius 1 is 1.54 bits per heavy atom. The Bertz CT molecular complexity index is 189. The molecule has 0 amide bonds. The van der Waals surface area contributed by atoms with Crippen molar-refractivity contribution in [2.45, 2.75) is 25.3 Å². The maximum Gasteiger partial charge on any atom is 0.0284 e. The van der Waals surface area contributed by atoms with Crippen LogP contribution in [0, 0.1) is 5.92 Å². The zero-order valence-corrected chi connectivity index (χ0v) is 9.83. The van der Waals surface area contributed by atoms with Crippen LogP contribution in [0.1, 0.15) is 19.3 Å². The van der Waals surface area contributed by atoms with Crippen molar-refractivity contribution in [1.29, 1.82) is 0 Å². The summed E-state index contributed by atoms with van der Waals surface area (Å²) < 4.78 is 0. The van der Waals surface area contributed by atoms with Crippen molar-refractivity contribution in [3.63, 3.8) is 0 Å². The van der Waals surface area contributed by atoms with Crippen molar-refractivity contribution < 1.29 is 0 Å². The summed E-state index contributed by atoms with van der Waals surface area (Å²) in [6.07, 6.45) is 9.96. The van der Waals surface area contributed by atoms with Gasteiger partial charge in [-0.2, -0.15) is 0 Å². The molecule has 1 nitrogen and oxygen atoms in total. The van der Waals surface area contributed by atoms with Crippen LogP contribution in [0.25, 0.3) is 0 Å². The van der Waals surface area contributed by atoms with E-state index in [4.69, 9.17) is 0 Å². The summed E-state index contributed by atoms with van der Waals surface area (Å²) in [4.78, 5) is 2.31. The van der Waals surface area contributed by atoms with Crippen molar-refractivity contribution in [2.75, 3.05) is 12.4 Å². The van der Waals surface area contributed by atoms with E-state index in [-0.39, 0.29) is 0 Å². The number of hydrogen-bond donors (Lipinski definition) is 0. The normalized spacial score (nSPS) is 28.2. The fourth-order valence-electron chi connectivity index (χ4n) is 1.88. The molecule has 1 aliphatic carbocycles. The third-order valence-corrected chi connectivity index (χ3v) is 3.68. The fraction of sp³-hybridized carbons (Fsp3) is 0.636. The van der Waals surface area contributed by atoms with Gasteiger partial charge in [-0.15, -0.1) is 0 Å².